The molecule has 14 heteroatoms. The molecule has 1 saturated carbocycles. The number of hydrogen-bond acceptors (Lipinski definition) is 10. The van der Waals surface area contributed by atoms with E-state index >= 15 is 4.39 Å². The van der Waals surface area contributed by atoms with Gasteiger partial charge in [-0.25, -0.2) is 23.0 Å². The highest BCUT2D eigenvalue weighted by Crippen LogP contribution is 2.39. The van der Waals surface area contributed by atoms with Crippen LogP contribution in [0.3, 0.4) is 0 Å². The molecule has 10 rings (SSSR count). The zero-order valence-corrected chi connectivity index (χ0v) is 31.0. The Morgan fingerprint density at radius 2 is 1.76 bits per heavy atom. The summed E-state index contributed by atoms with van der Waals surface area (Å²) in [5.41, 5.74) is 1.75. The van der Waals surface area contributed by atoms with Crippen LogP contribution in [0.15, 0.2) is 72.0 Å². The Hall–Kier alpha value is -5.36. The van der Waals surface area contributed by atoms with Gasteiger partial charge >= 0.3 is 0 Å². The van der Waals surface area contributed by atoms with Gasteiger partial charge in [0.15, 0.2) is 22.6 Å². The molecule has 4 fully saturated rings. The van der Waals surface area contributed by atoms with E-state index in [0.717, 1.165) is 50.2 Å². The van der Waals surface area contributed by atoms with Gasteiger partial charge in [-0.1, -0.05) is 42.3 Å². The highest BCUT2D eigenvalue weighted by Gasteiger charge is 2.37. The number of nitrogens with zero attached hydrogens (tertiary/aromatic N) is 9. The van der Waals surface area contributed by atoms with E-state index in [0.29, 0.717) is 76.0 Å². The van der Waals surface area contributed by atoms with Crippen molar-refractivity contribution in [2.75, 3.05) is 43.0 Å². The lowest BCUT2D eigenvalue weighted by Gasteiger charge is -2.44. The van der Waals surface area contributed by atoms with Crippen molar-refractivity contribution in [2.45, 2.75) is 61.2 Å². The predicted molar refractivity (Wildman–Crippen MR) is 208 cm³/mol. The second kappa shape index (κ2) is 13.4. The lowest BCUT2D eigenvalue weighted by molar-refractivity contribution is 0.196. The minimum absolute atomic E-state index is 0.0627. The first-order valence-electron chi connectivity index (χ1n) is 18.7. The van der Waals surface area contributed by atoms with E-state index in [4.69, 9.17) is 16.4 Å². The van der Waals surface area contributed by atoms with E-state index in [1.807, 2.05) is 30.3 Å². The summed E-state index contributed by atoms with van der Waals surface area (Å²) in [7, 11) is 0.592. The number of fused-ring (bicyclic) bond motifs is 4. The fourth-order valence-corrected chi connectivity index (χ4v) is 9.26. The Bertz CT molecular complexity index is 2550. The fourth-order valence-electron chi connectivity index (χ4n) is 8.31. The third kappa shape index (κ3) is 6.11. The molecule has 278 valence electrons. The van der Waals surface area contributed by atoms with Gasteiger partial charge < -0.3 is 15.1 Å². The molecule has 2 bridgehead atoms. The van der Waals surface area contributed by atoms with E-state index in [1.54, 1.807) is 30.7 Å². The van der Waals surface area contributed by atoms with Crippen molar-refractivity contribution < 1.29 is 13.0 Å². The molecular formula is C41H38F2N10OS. The summed E-state index contributed by atoms with van der Waals surface area (Å²) < 4.78 is 46.7. The van der Waals surface area contributed by atoms with Crippen molar-refractivity contribution >= 4 is 44.4 Å². The summed E-state index contributed by atoms with van der Waals surface area (Å²) in [6.45, 7) is 3.46. The maximum absolute atomic E-state index is 17.0. The van der Waals surface area contributed by atoms with E-state index in [2.05, 4.69) is 48.1 Å². The van der Waals surface area contributed by atoms with E-state index < -0.39 is 22.6 Å². The van der Waals surface area contributed by atoms with Crippen LogP contribution in [-0.2, 0) is 17.5 Å². The van der Waals surface area contributed by atoms with E-state index in [-0.39, 0.29) is 22.8 Å². The minimum atomic E-state index is -1.48. The van der Waals surface area contributed by atoms with Gasteiger partial charge in [0.25, 0.3) is 0 Å². The lowest BCUT2D eigenvalue weighted by atomic mass is 9.96. The van der Waals surface area contributed by atoms with Crippen LogP contribution >= 0.6 is 0 Å². The minimum Gasteiger partial charge on any atom is -0.353 e. The fraction of sp³-hybridized carbons (Fsp3) is 0.341. The number of benzene rings is 3. The monoisotopic (exact) mass is 756 g/mol. The van der Waals surface area contributed by atoms with E-state index in [1.165, 1.54) is 10.2 Å². The van der Waals surface area contributed by atoms with Gasteiger partial charge in [-0.3, -0.25) is 9.88 Å². The van der Waals surface area contributed by atoms with E-state index in [9.17, 15) is 8.60 Å². The lowest BCUT2D eigenvalue weighted by Crippen LogP contribution is -2.59. The van der Waals surface area contributed by atoms with Crippen molar-refractivity contribution in [3.05, 3.63) is 95.7 Å². The number of nitrogens with one attached hydrogen (secondary N) is 1. The van der Waals surface area contributed by atoms with Gasteiger partial charge in [0, 0.05) is 73.9 Å². The number of hydrogen-bond donors (Lipinski definition) is 1. The van der Waals surface area contributed by atoms with Crippen LogP contribution in [0.5, 0.6) is 0 Å². The molecule has 0 spiro atoms. The molecule has 4 aliphatic rings. The molecule has 3 unspecified atom stereocenters. The SMILES string of the molecule is C#Cc1c(F)ccc2cccc(-c3ncc4c(N5CC6CCC(C5)N6)nc(N5CC(N(C)Cc6cccc(S(=O)n7cnc(C8CC8)n7)c6)C5)nc4c3F)c12. The first-order valence-corrected chi connectivity index (χ1v) is 19.9. The van der Waals surface area contributed by atoms with Gasteiger partial charge in [-0.05, 0) is 61.9 Å². The zero-order valence-electron chi connectivity index (χ0n) is 30.2. The summed E-state index contributed by atoms with van der Waals surface area (Å²) in [6, 6.07) is 17.0. The number of piperazine rings is 1. The summed E-state index contributed by atoms with van der Waals surface area (Å²) in [6.07, 6.45) is 13.3. The normalized spacial score (nSPS) is 20.3. The third-order valence-corrected chi connectivity index (χ3v) is 12.6. The second-order valence-electron chi connectivity index (χ2n) is 15.2. The number of rotatable bonds is 9. The number of aromatic nitrogens is 6. The molecule has 1 N–H and O–H groups in total. The number of anilines is 2. The first-order chi connectivity index (χ1) is 26.8. The standard InChI is InChI=1S/C41H38F2N10OS/c1-3-31-34(42)15-12-25-7-5-9-32(35(25)31)37-36(43)38-33(17-44-37)40(51-19-27-13-14-28(20-51)46-27)48-41(47-38)52-21-29(22-52)50(2)18-24-6-4-8-30(16-24)55(54)53-23-45-39(49-53)26-10-11-26/h1,4-9,12,15-17,23,26-29,46H,10-11,13-14,18-22H2,2H3. The molecule has 3 aromatic carbocycles. The van der Waals surface area contributed by atoms with Crippen LogP contribution in [0, 0.1) is 24.0 Å². The summed E-state index contributed by atoms with van der Waals surface area (Å²) in [5.74, 6) is 3.61. The third-order valence-electron chi connectivity index (χ3n) is 11.5. The number of halogens is 2. The quantitative estimate of drug-likeness (QED) is 0.193. The van der Waals surface area contributed by atoms with Crippen molar-refractivity contribution in [3.63, 3.8) is 0 Å². The van der Waals surface area contributed by atoms with Gasteiger partial charge in [0.1, 0.15) is 29.2 Å². The maximum atomic E-state index is 17.0. The number of likely N-dealkylation sites (N-methyl/N-ethyl adjacent to an activating group) is 1. The average molecular weight is 757 g/mol. The van der Waals surface area contributed by atoms with Gasteiger partial charge in [0.2, 0.25) is 5.95 Å². The molecule has 11 nitrogen and oxygen atoms in total. The summed E-state index contributed by atoms with van der Waals surface area (Å²) >= 11 is 0. The molecule has 3 atom stereocenters. The molecule has 55 heavy (non-hydrogen) atoms. The maximum Gasteiger partial charge on any atom is 0.228 e. The van der Waals surface area contributed by atoms with Gasteiger partial charge in [-0.15, -0.1) is 11.5 Å². The van der Waals surface area contributed by atoms with Crippen molar-refractivity contribution in [3.8, 4) is 23.6 Å². The smallest absolute Gasteiger partial charge is 0.228 e. The van der Waals surface area contributed by atoms with Crippen molar-refractivity contribution in [2.24, 2.45) is 0 Å². The van der Waals surface area contributed by atoms with Crippen molar-refractivity contribution in [1.29, 1.82) is 0 Å². The Kier molecular flexibility index (Phi) is 8.34. The Morgan fingerprint density at radius 1 is 0.964 bits per heavy atom. The largest absolute Gasteiger partial charge is 0.353 e. The molecule has 3 aliphatic heterocycles. The average Bonchev–Trinajstić information content (AvgIpc) is 3.81. The van der Waals surface area contributed by atoms with Crippen LogP contribution in [0.4, 0.5) is 20.5 Å². The van der Waals surface area contributed by atoms with Gasteiger partial charge in [-0.2, -0.15) is 9.07 Å². The molecule has 1 aliphatic carbocycles. The zero-order chi connectivity index (χ0) is 37.4. The first kappa shape index (κ1) is 34.2. The number of pyridine rings is 1. The molecule has 6 heterocycles. The van der Waals surface area contributed by atoms with Crippen molar-refractivity contribution in [1.82, 2.24) is 39.3 Å². The second-order valence-corrected chi connectivity index (χ2v) is 16.5. The molecule has 6 aromatic rings. The van der Waals surface area contributed by atoms with Crippen LogP contribution in [0.1, 0.15) is 48.6 Å². The van der Waals surface area contributed by atoms with Crippen LogP contribution in [-0.4, -0.2) is 89.6 Å². The highest BCUT2D eigenvalue weighted by atomic mass is 32.2. The predicted octanol–water partition coefficient (Wildman–Crippen LogP) is 5.41. The van der Waals surface area contributed by atoms with Gasteiger partial charge in [0.05, 0.1) is 15.8 Å². The Balaban J connectivity index is 0.942. The molecular weight excluding hydrogens is 719 g/mol. The molecule has 0 radical (unpaired) electrons. The summed E-state index contributed by atoms with van der Waals surface area (Å²) in [4.78, 5) is 26.2. The van der Waals surface area contributed by atoms with Crippen LogP contribution in [0.25, 0.3) is 32.9 Å². The topological polar surface area (TPSA) is 108 Å². The number of terminal acetylenes is 1. The molecule has 3 saturated heterocycles. The van der Waals surface area contributed by atoms with Crippen LogP contribution < -0.4 is 15.1 Å². The van der Waals surface area contributed by atoms with Crippen LogP contribution in [0.2, 0.25) is 0 Å². The molecule has 3 aromatic heterocycles. The Morgan fingerprint density at radius 3 is 2.55 bits per heavy atom. The molecule has 0 amide bonds. The highest BCUT2D eigenvalue weighted by molar-refractivity contribution is 7.83. The Labute approximate surface area is 319 Å². The summed E-state index contributed by atoms with van der Waals surface area (Å²) in [5, 5.41) is 9.81.